The van der Waals surface area contributed by atoms with E-state index >= 15 is 0 Å². The van der Waals surface area contributed by atoms with Gasteiger partial charge in [-0.15, -0.1) is 0 Å². The molecule has 0 bridgehead atoms. The number of allylic oxidation sites excluding steroid dienone is 1. The number of ether oxygens (including phenoxy) is 4. The fraction of sp³-hybridized carbons (Fsp3) is 0.211. The van der Waals surface area contributed by atoms with Crippen LogP contribution >= 0.6 is 22.9 Å². The largest absolute Gasteiger partial charge is 0.493 e. The molecule has 0 saturated carbocycles. The maximum absolute atomic E-state index is 14.3. The van der Waals surface area contributed by atoms with Gasteiger partial charge in [0.25, 0.3) is 5.56 Å². The molecule has 4 aromatic carbocycles. The Morgan fingerprint density at radius 2 is 1.68 bits per heavy atom. The predicted octanol–water partition coefficient (Wildman–Crippen LogP) is 6.97. The van der Waals surface area contributed by atoms with E-state index in [1.165, 1.54) is 16.9 Å². The summed E-state index contributed by atoms with van der Waals surface area (Å²) in [6.45, 7) is 2.78. The van der Waals surface area contributed by atoms with Crippen molar-refractivity contribution in [2.24, 2.45) is 4.99 Å². The summed E-state index contributed by atoms with van der Waals surface area (Å²) in [6, 6.07) is 27.2. The molecule has 0 amide bonds. The van der Waals surface area contributed by atoms with E-state index in [4.69, 9.17) is 35.5 Å². The normalized spacial score (nSPS) is 15.3. The Morgan fingerprint density at radius 1 is 0.894 bits per heavy atom. The highest BCUT2D eigenvalue weighted by Crippen LogP contribution is 2.43. The molecule has 1 aliphatic heterocycles. The van der Waals surface area contributed by atoms with Crippen molar-refractivity contribution in [1.82, 2.24) is 4.57 Å². The molecule has 47 heavy (non-hydrogen) atoms. The van der Waals surface area contributed by atoms with E-state index < -0.39 is 0 Å². The van der Waals surface area contributed by atoms with Crippen LogP contribution in [0.5, 0.6) is 23.0 Å². The SMILES string of the molecule is CCOc1cc(/C=c2\sc3n(c2=O)[C@H](c2ccc(OC)c(OC)c2)C2=C(N=3)c3ccccc3CC2)ccc1OCc1ccc(Cl)cc1. The number of benzene rings is 4. The van der Waals surface area contributed by atoms with E-state index in [0.29, 0.717) is 50.6 Å². The maximum Gasteiger partial charge on any atom is 0.271 e. The molecule has 2 aliphatic rings. The summed E-state index contributed by atoms with van der Waals surface area (Å²) < 4.78 is 25.7. The lowest BCUT2D eigenvalue weighted by Crippen LogP contribution is -2.38. The monoisotopic (exact) mass is 664 g/mol. The van der Waals surface area contributed by atoms with Crippen LogP contribution in [0.25, 0.3) is 11.8 Å². The molecule has 0 N–H and O–H groups in total. The zero-order chi connectivity index (χ0) is 32.5. The first-order chi connectivity index (χ1) is 23.0. The molecule has 238 valence electrons. The van der Waals surface area contributed by atoms with Crippen LogP contribution < -0.4 is 33.8 Å². The topological polar surface area (TPSA) is 71.3 Å². The van der Waals surface area contributed by atoms with Gasteiger partial charge >= 0.3 is 0 Å². The average molecular weight is 665 g/mol. The van der Waals surface area contributed by atoms with Gasteiger partial charge in [0, 0.05) is 10.6 Å². The van der Waals surface area contributed by atoms with Crippen LogP contribution in [0.3, 0.4) is 0 Å². The van der Waals surface area contributed by atoms with E-state index in [1.54, 1.807) is 14.2 Å². The van der Waals surface area contributed by atoms with Crippen LogP contribution in [0, 0.1) is 0 Å². The second kappa shape index (κ2) is 13.1. The van der Waals surface area contributed by atoms with Gasteiger partial charge in [-0.3, -0.25) is 9.36 Å². The molecule has 0 radical (unpaired) electrons. The van der Waals surface area contributed by atoms with E-state index in [1.807, 2.05) is 84.3 Å². The minimum Gasteiger partial charge on any atom is -0.493 e. The minimum absolute atomic E-state index is 0.0973. The highest BCUT2D eigenvalue weighted by atomic mass is 35.5. The second-order valence-corrected chi connectivity index (χ2v) is 12.7. The number of nitrogens with zero attached hydrogens (tertiary/aromatic N) is 2. The average Bonchev–Trinajstić information content (AvgIpc) is 3.41. The summed E-state index contributed by atoms with van der Waals surface area (Å²) in [7, 11) is 3.24. The number of aryl methyl sites for hydroxylation is 1. The Balaban J connectivity index is 1.32. The smallest absolute Gasteiger partial charge is 0.271 e. The van der Waals surface area contributed by atoms with Crippen LogP contribution in [-0.2, 0) is 13.0 Å². The number of fused-ring (bicyclic) bond motifs is 3. The number of thiazole rings is 1. The molecule has 1 atom stereocenters. The number of rotatable bonds is 9. The van der Waals surface area contributed by atoms with E-state index in [-0.39, 0.29) is 11.6 Å². The quantitative estimate of drug-likeness (QED) is 0.170. The first-order valence-electron chi connectivity index (χ1n) is 15.5. The maximum atomic E-state index is 14.3. The van der Waals surface area contributed by atoms with E-state index in [0.717, 1.165) is 46.4 Å². The van der Waals surface area contributed by atoms with Gasteiger partial charge in [-0.2, -0.15) is 0 Å². The molecule has 1 aromatic heterocycles. The van der Waals surface area contributed by atoms with Crippen molar-refractivity contribution in [2.75, 3.05) is 20.8 Å². The van der Waals surface area contributed by atoms with Crippen LogP contribution in [0.4, 0.5) is 0 Å². The predicted molar refractivity (Wildman–Crippen MR) is 186 cm³/mol. The van der Waals surface area contributed by atoms with Crippen molar-refractivity contribution in [3.8, 4) is 23.0 Å². The first kappa shape index (κ1) is 30.8. The second-order valence-electron chi connectivity index (χ2n) is 11.3. The molecule has 7 rings (SSSR count). The molecule has 2 heterocycles. The molecular formula is C38H33ClN2O5S. The molecule has 0 fully saturated rings. The molecular weight excluding hydrogens is 632 g/mol. The Labute approximate surface area is 281 Å². The number of hydrogen-bond acceptors (Lipinski definition) is 7. The standard InChI is InChI=1S/C38H33ClN2O5S/c1-4-45-33-19-24(11-17-31(33)46-22-23-9-14-27(39)15-10-23)20-34-37(42)41-36(26-13-18-30(43-2)32(21-26)44-3)29-16-12-25-7-5-6-8-28(25)35(29)40-38(41)47-34/h5-11,13-15,17-21,36H,4,12,16,22H2,1-3H3/b34-20-/t36-/m1/s1. The highest BCUT2D eigenvalue weighted by molar-refractivity contribution is 7.07. The molecule has 9 heteroatoms. The van der Waals surface area contributed by atoms with Crippen LogP contribution in [0.15, 0.2) is 100 Å². The summed E-state index contributed by atoms with van der Waals surface area (Å²) in [5, 5.41) is 0.679. The van der Waals surface area contributed by atoms with E-state index in [9.17, 15) is 4.79 Å². The lowest BCUT2D eigenvalue weighted by molar-refractivity contribution is 0.269. The van der Waals surface area contributed by atoms with Crippen molar-refractivity contribution in [3.63, 3.8) is 0 Å². The van der Waals surface area contributed by atoms with Gasteiger partial charge in [0.15, 0.2) is 27.8 Å². The number of aromatic nitrogens is 1. The Bertz CT molecular complexity index is 2190. The zero-order valence-electron chi connectivity index (χ0n) is 26.3. The zero-order valence-corrected chi connectivity index (χ0v) is 27.9. The molecule has 5 aromatic rings. The minimum atomic E-state index is -0.334. The Morgan fingerprint density at radius 3 is 2.47 bits per heavy atom. The Hall–Kier alpha value is -4.79. The van der Waals surface area contributed by atoms with Gasteiger partial charge in [0.1, 0.15) is 6.61 Å². The van der Waals surface area contributed by atoms with Crippen LogP contribution in [0.2, 0.25) is 5.02 Å². The van der Waals surface area contributed by atoms with Gasteiger partial charge in [0.2, 0.25) is 0 Å². The van der Waals surface area contributed by atoms with Crippen LogP contribution in [-0.4, -0.2) is 25.4 Å². The third kappa shape index (κ3) is 5.95. The molecule has 1 aliphatic carbocycles. The highest BCUT2D eigenvalue weighted by Gasteiger charge is 2.33. The van der Waals surface area contributed by atoms with Crippen molar-refractivity contribution in [3.05, 3.63) is 143 Å². The summed E-state index contributed by atoms with van der Waals surface area (Å²) in [4.78, 5) is 20.1. The number of methoxy groups -OCH3 is 2. The molecule has 7 nitrogen and oxygen atoms in total. The van der Waals surface area contributed by atoms with Crippen LogP contribution in [0.1, 0.15) is 47.2 Å². The summed E-state index contributed by atoms with van der Waals surface area (Å²) in [5.74, 6) is 2.49. The van der Waals surface area contributed by atoms with Gasteiger partial charge in [-0.05, 0) is 90.1 Å². The summed E-state index contributed by atoms with van der Waals surface area (Å²) in [5.41, 5.74) is 7.12. The summed E-state index contributed by atoms with van der Waals surface area (Å²) in [6.07, 6.45) is 3.58. The number of hydrogen-bond donors (Lipinski definition) is 0. The Kier molecular flexibility index (Phi) is 8.62. The fourth-order valence-corrected chi connectivity index (χ4v) is 7.37. The number of halogens is 1. The van der Waals surface area contributed by atoms with Crippen molar-refractivity contribution in [1.29, 1.82) is 0 Å². The van der Waals surface area contributed by atoms with Gasteiger partial charge < -0.3 is 18.9 Å². The summed E-state index contributed by atoms with van der Waals surface area (Å²) >= 11 is 7.42. The fourth-order valence-electron chi connectivity index (χ4n) is 6.24. The van der Waals surface area contributed by atoms with Gasteiger partial charge in [0.05, 0.1) is 37.1 Å². The lowest BCUT2D eigenvalue weighted by Gasteiger charge is -2.31. The third-order valence-corrected chi connectivity index (χ3v) is 9.70. The van der Waals surface area contributed by atoms with Crippen molar-refractivity contribution >= 4 is 34.7 Å². The lowest BCUT2D eigenvalue weighted by atomic mass is 9.83. The van der Waals surface area contributed by atoms with Gasteiger partial charge in [-0.25, -0.2) is 4.99 Å². The van der Waals surface area contributed by atoms with Gasteiger partial charge in [-0.1, -0.05) is 71.5 Å². The third-order valence-electron chi connectivity index (χ3n) is 8.47. The molecule has 0 unspecified atom stereocenters. The molecule has 0 saturated heterocycles. The van der Waals surface area contributed by atoms with Crippen molar-refractivity contribution < 1.29 is 18.9 Å². The molecule has 0 spiro atoms. The van der Waals surface area contributed by atoms with E-state index in [2.05, 4.69) is 18.2 Å². The first-order valence-corrected chi connectivity index (χ1v) is 16.7. The van der Waals surface area contributed by atoms with Crippen molar-refractivity contribution in [2.45, 2.75) is 32.4 Å².